The summed E-state index contributed by atoms with van der Waals surface area (Å²) in [4.78, 5) is 4.08. The molecule has 6 nitrogen and oxygen atoms in total. The smallest absolute Gasteiger partial charge is 0.280 e. The van der Waals surface area contributed by atoms with Crippen LogP contribution < -0.4 is 10.5 Å². The topological polar surface area (TPSA) is 90.0 Å². The molecule has 1 aromatic carbocycles. The van der Waals surface area contributed by atoms with Crippen molar-refractivity contribution in [1.29, 1.82) is 0 Å². The normalized spacial score (nSPS) is 11.6. The highest BCUT2D eigenvalue weighted by Crippen LogP contribution is 2.21. The van der Waals surface area contributed by atoms with Crippen molar-refractivity contribution in [3.8, 4) is 0 Å². The molecular weight excluding hydrogens is 276 g/mol. The average molecular weight is 294 g/mol. The van der Waals surface area contributed by atoms with E-state index in [2.05, 4.69) is 9.71 Å². The number of aryl methyl sites for hydroxylation is 3. The quantitative estimate of drug-likeness (QED) is 0.843. The molecule has 7 heteroatoms. The number of rotatable bonds is 4. The van der Waals surface area contributed by atoms with Gasteiger partial charge >= 0.3 is 0 Å². The Bertz CT molecular complexity index is 735. The first-order valence-electron chi connectivity index (χ1n) is 6.26. The van der Waals surface area contributed by atoms with Crippen LogP contribution in [-0.2, 0) is 16.6 Å². The SMILES string of the molecule is CCn1cc(S(=O)(=O)Nc2ccc(N)cc2C)nc1C. The highest BCUT2D eigenvalue weighted by molar-refractivity contribution is 7.92. The zero-order valence-electron chi connectivity index (χ0n) is 11.7. The van der Waals surface area contributed by atoms with Crippen molar-refractivity contribution < 1.29 is 8.42 Å². The maximum atomic E-state index is 12.3. The van der Waals surface area contributed by atoms with Crippen molar-refractivity contribution in [2.45, 2.75) is 32.3 Å². The number of sulfonamides is 1. The van der Waals surface area contributed by atoms with Crippen LogP contribution in [0, 0.1) is 13.8 Å². The van der Waals surface area contributed by atoms with Crippen LogP contribution in [0.4, 0.5) is 11.4 Å². The number of nitrogens with zero attached hydrogens (tertiary/aromatic N) is 2. The summed E-state index contributed by atoms with van der Waals surface area (Å²) in [7, 11) is -3.68. The summed E-state index contributed by atoms with van der Waals surface area (Å²) >= 11 is 0. The van der Waals surface area contributed by atoms with Crippen molar-refractivity contribution in [1.82, 2.24) is 9.55 Å². The fourth-order valence-corrected chi connectivity index (χ4v) is 3.07. The Morgan fingerprint density at radius 2 is 2.05 bits per heavy atom. The largest absolute Gasteiger partial charge is 0.399 e. The third-order valence-corrected chi connectivity index (χ3v) is 4.30. The van der Waals surface area contributed by atoms with Crippen molar-refractivity contribution in [2.24, 2.45) is 0 Å². The number of hydrogen-bond donors (Lipinski definition) is 2. The molecule has 2 rings (SSSR count). The monoisotopic (exact) mass is 294 g/mol. The van der Waals surface area contributed by atoms with Gasteiger partial charge in [0.05, 0.1) is 5.69 Å². The molecule has 0 saturated heterocycles. The minimum absolute atomic E-state index is 0.0214. The van der Waals surface area contributed by atoms with Gasteiger partial charge in [-0.25, -0.2) is 4.98 Å². The first kappa shape index (κ1) is 14.4. The maximum Gasteiger partial charge on any atom is 0.280 e. The predicted molar refractivity (Wildman–Crippen MR) is 79.0 cm³/mol. The molecule has 0 aliphatic carbocycles. The zero-order valence-corrected chi connectivity index (χ0v) is 12.5. The van der Waals surface area contributed by atoms with E-state index in [1.807, 2.05) is 6.92 Å². The number of nitrogens with one attached hydrogen (secondary N) is 1. The maximum absolute atomic E-state index is 12.3. The molecule has 0 saturated carbocycles. The second-order valence-electron chi connectivity index (χ2n) is 4.59. The molecule has 1 heterocycles. The van der Waals surface area contributed by atoms with Crippen LogP contribution in [0.5, 0.6) is 0 Å². The zero-order chi connectivity index (χ0) is 14.9. The molecule has 0 unspecified atom stereocenters. The van der Waals surface area contributed by atoms with Gasteiger partial charge in [0, 0.05) is 18.4 Å². The van der Waals surface area contributed by atoms with E-state index in [1.165, 1.54) is 6.20 Å². The van der Waals surface area contributed by atoms with E-state index in [9.17, 15) is 8.42 Å². The summed E-state index contributed by atoms with van der Waals surface area (Å²) in [5.41, 5.74) is 7.51. The van der Waals surface area contributed by atoms with Crippen molar-refractivity contribution in [3.05, 3.63) is 35.8 Å². The minimum Gasteiger partial charge on any atom is -0.399 e. The predicted octanol–water partition coefficient (Wildman–Crippen LogP) is 1.90. The molecule has 0 fully saturated rings. The fourth-order valence-electron chi connectivity index (χ4n) is 1.93. The Morgan fingerprint density at radius 1 is 1.35 bits per heavy atom. The van der Waals surface area contributed by atoms with Crippen molar-refractivity contribution >= 4 is 21.4 Å². The molecule has 0 aliphatic heterocycles. The molecule has 0 bridgehead atoms. The molecule has 0 spiro atoms. The molecule has 20 heavy (non-hydrogen) atoms. The van der Waals surface area contributed by atoms with Gasteiger partial charge in [-0.1, -0.05) is 0 Å². The minimum atomic E-state index is -3.68. The summed E-state index contributed by atoms with van der Waals surface area (Å²) in [6.07, 6.45) is 1.53. The van der Waals surface area contributed by atoms with Crippen LogP contribution in [0.2, 0.25) is 0 Å². The van der Waals surface area contributed by atoms with Crippen LogP contribution in [0.15, 0.2) is 29.4 Å². The summed E-state index contributed by atoms with van der Waals surface area (Å²) in [5, 5.41) is 0.0214. The van der Waals surface area contributed by atoms with Crippen molar-refractivity contribution in [3.63, 3.8) is 0 Å². The van der Waals surface area contributed by atoms with Crippen LogP contribution in [0.1, 0.15) is 18.3 Å². The summed E-state index contributed by atoms with van der Waals surface area (Å²) in [6.45, 7) is 6.18. The number of hydrogen-bond acceptors (Lipinski definition) is 4. The van der Waals surface area contributed by atoms with E-state index in [-0.39, 0.29) is 5.03 Å². The number of imidazole rings is 1. The van der Waals surface area contributed by atoms with Gasteiger partial charge in [0.15, 0.2) is 5.03 Å². The second-order valence-corrected chi connectivity index (χ2v) is 6.22. The molecule has 2 aromatic rings. The Balaban J connectivity index is 2.35. The van der Waals surface area contributed by atoms with Gasteiger partial charge in [-0.2, -0.15) is 8.42 Å². The molecule has 0 aliphatic rings. The summed E-state index contributed by atoms with van der Waals surface area (Å²) < 4.78 is 28.9. The average Bonchev–Trinajstić information content (AvgIpc) is 2.75. The van der Waals surface area contributed by atoms with E-state index >= 15 is 0 Å². The van der Waals surface area contributed by atoms with E-state index in [0.717, 1.165) is 5.56 Å². The molecule has 0 atom stereocenters. The number of aromatic nitrogens is 2. The number of nitrogen functional groups attached to an aromatic ring is 1. The van der Waals surface area contributed by atoms with Gasteiger partial charge in [-0.3, -0.25) is 4.72 Å². The lowest BCUT2D eigenvalue weighted by molar-refractivity contribution is 0.598. The molecule has 0 amide bonds. The lowest BCUT2D eigenvalue weighted by Gasteiger charge is -2.09. The molecule has 0 radical (unpaired) electrons. The van der Waals surface area contributed by atoms with Gasteiger partial charge < -0.3 is 10.3 Å². The third-order valence-electron chi connectivity index (χ3n) is 3.06. The lowest BCUT2D eigenvalue weighted by Crippen LogP contribution is -2.14. The number of anilines is 2. The first-order valence-corrected chi connectivity index (χ1v) is 7.74. The van der Waals surface area contributed by atoms with E-state index in [4.69, 9.17) is 5.73 Å². The summed E-state index contributed by atoms with van der Waals surface area (Å²) in [6, 6.07) is 5.01. The molecular formula is C13H18N4O2S. The van der Waals surface area contributed by atoms with Crippen molar-refractivity contribution in [2.75, 3.05) is 10.5 Å². The Morgan fingerprint density at radius 3 is 2.60 bits per heavy atom. The van der Waals surface area contributed by atoms with Crippen LogP contribution in [0.25, 0.3) is 0 Å². The fraction of sp³-hybridized carbons (Fsp3) is 0.308. The number of benzene rings is 1. The van der Waals surface area contributed by atoms with Crippen LogP contribution in [-0.4, -0.2) is 18.0 Å². The summed E-state index contributed by atoms with van der Waals surface area (Å²) in [5.74, 6) is 0.668. The number of nitrogens with two attached hydrogens (primary N) is 1. The lowest BCUT2D eigenvalue weighted by atomic mass is 10.2. The molecule has 1 aromatic heterocycles. The van der Waals surface area contributed by atoms with Gasteiger partial charge in [0.1, 0.15) is 5.82 Å². The van der Waals surface area contributed by atoms with Gasteiger partial charge in [-0.15, -0.1) is 0 Å². The van der Waals surface area contributed by atoms with Crippen LogP contribution >= 0.6 is 0 Å². The Hall–Kier alpha value is -2.02. The van der Waals surface area contributed by atoms with Gasteiger partial charge in [0.25, 0.3) is 10.0 Å². The standard InChI is InChI=1S/C13H18N4O2S/c1-4-17-8-13(15-10(17)3)20(18,19)16-12-6-5-11(14)7-9(12)2/h5-8,16H,4,14H2,1-3H3. The highest BCUT2D eigenvalue weighted by Gasteiger charge is 2.19. The van der Waals surface area contributed by atoms with E-state index in [1.54, 1.807) is 36.6 Å². The Kier molecular flexibility index (Phi) is 3.71. The molecule has 3 N–H and O–H groups in total. The first-order chi connectivity index (χ1) is 9.33. The second kappa shape index (κ2) is 5.16. The van der Waals surface area contributed by atoms with Gasteiger partial charge in [0.2, 0.25) is 0 Å². The molecule has 108 valence electrons. The van der Waals surface area contributed by atoms with Gasteiger partial charge in [-0.05, 0) is 44.5 Å². The van der Waals surface area contributed by atoms with E-state index < -0.39 is 10.0 Å². The third kappa shape index (κ3) is 2.77. The van der Waals surface area contributed by atoms with Crippen LogP contribution in [0.3, 0.4) is 0 Å². The van der Waals surface area contributed by atoms with E-state index in [0.29, 0.717) is 23.7 Å². The highest BCUT2D eigenvalue weighted by atomic mass is 32.2. The Labute approximate surface area is 118 Å².